The van der Waals surface area contributed by atoms with Gasteiger partial charge in [0.15, 0.2) is 13.6 Å². The van der Waals surface area contributed by atoms with Gasteiger partial charge in [0.1, 0.15) is 11.5 Å². The average molecular weight is 274 g/mol. The van der Waals surface area contributed by atoms with E-state index >= 15 is 0 Å². The van der Waals surface area contributed by atoms with Gasteiger partial charge in [-0.1, -0.05) is 0 Å². The molecule has 1 rings (SSSR count). The molecule has 0 aliphatic heterocycles. The van der Waals surface area contributed by atoms with E-state index in [4.69, 9.17) is 18.9 Å². The van der Waals surface area contributed by atoms with Crippen LogP contribution in [-0.4, -0.2) is 39.2 Å². The van der Waals surface area contributed by atoms with Crippen LogP contribution in [-0.2, 0) is 16.1 Å². The summed E-state index contributed by atoms with van der Waals surface area (Å²) in [6.45, 7) is 0.208. The van der Waals surface area contributed by atoms with Crippen molar-refractivity contribution in [1.82, 2.24) is 0 Å². The van der Waals surface area contributed by atoms with E-state index in [1.807, 2.05) is 6.26 Å². The van der Waals surface area contributed by atoms with Crippen LogP contribution < -0.4 is 9.47 Å². The number of methoxy groups -OCH3 is 2. The van der Waals surface area contributed by atoms with Gasteiger partial charge in [0.25, 0.3) is 0 Å². The Labute approximate surface area is 111 Å². The van der Waals surface area contributed by atoms with Crippen LogP contribution in [0.15, 0.2) is 17.0 Å². The first-order chi connectivity index (χ1) is 8.76. The monoisotopic (exact) mass is 274 g/mol. The number of hydrogen-bond acceptors (Lipinski definition) is 6. The van der Waals surface area contributed by atoms with Crippen LogP contribution in [0.1, 0.15) is 5.56 Å². The predicted octanol–water partition coefficient (Wildman–Crippen LogP) is 1.87. The van der Waals surface area contributed by atoms with Gasteiger partial charge in [-0.3, -0.25) is 0 Å². The molecule has 0 atom stereocenters. The topological polar surface area (TPSA) is 57.2 Å². The minimum atomic E-state index is -0.0820. The third kappa shape index (κ3) is 4.06. The fourth-order valence-corrected chi connectivity index (χ4v) is 2.02. The quantitative estimate of drug-likeness (QED) is 0.577. The van der Waals surface area contributed by atoms with Crippen LogP contribution in [0.3, 0.4) is 0 Å². The molecule has 1 aromatic rings. The Morgan fingerprint density at radius 1 is 1.06 bits per heavy atom. The summed E-state index contributed by atoms with van der Waals surface area (Å²) in [7, 11) is 3.11. The van der Waals surface area contributed by atoms with E-state index in [1.165, 1.54) is 11.8 Å². The normalized spacial score (nSPS) is 10.4. The highest BCUT2D eigenvalue weighted by atomic mass is 32.2. The SMILES string of the molecule is COCOc1cc(CO)cc(OCOC)c1SC. The van der Waals surface area contributed by atoms with Gasteiger partial charge in [-0.2, -0.15) is 0 Å². The summed E-state index contributed by atoms with van der Waals surface area (Å²) in [4.78, 5) is 0.848. The third-order valence-corrected chi connectivity index (χ3v) is 2.94. The number of thioether (sulfide) groups is 1. The van der Waals surface area contributed by atoms with Gasteiger partial charge in [0, 0.05) is 14.2 Å². The van der Waals surface area contributed by atoms with Crippen molar-refractivity contribution in [3.8, 4) is 11.5 Å². The van der Waals surface area contributed by atoms with Crippen LogP contribution in [0.2, 0.25) is 0 Å². The molecule has 1 N–H and O–H groups in total. The average Bonchev–Trinajstić information content (AvgIpc) is 2.41. The first kappa shape index (κ1) is 15.1. The second-order valence-corrected chi connectivity index (χ2v) is 4.20. The Morgan fingerprint density at radius 3 is 1.89 bits per heavy atom. The van der Waals surface area contributed by atoms with Crippen LogP contribution in [0.4, 0.5) is 0 Å². The van der Waals surface area contributed by atoms with Gasteiger partial charge in [-0.25, -0.2) is 0 Å². The molecule has 0 aliphatic carbocycles. The smallest absolute Gasteiger partial charge is 0.188 e. The van der Waals surface area contributed by atoms with E-state index in [2.05, 4.69) is 0 Å². The molecule has 0 spiro atoms. The minimum Gasteiger partial charge on any atom is -0.466 e. The first-order valence-corrected chi connectivity index (χ1v) is 6.54. The van der Waals surface area contributed by atoms with Crippen molar-refractivity contribution in [2.75, 3.05) is 34.1 Å². The molecule has 0 saturated heterocycles. The zero-order valence-corrected chi connectivity index (χ0v) is 11.6. The van der Waals surface area contributed by atoms with Crippen LogP contribution in [0.5, 0.6) is 11.5 Å². The van der Waals surface area contributed by atoms with E-state index in [-0.39, 0.29) is 20.2 Å². The minimum absolute atomic E-state index is 0.0820. The van der Waals surface area contributed by atoms with E-state index in [9.17, 15) is 5.11 Å². The Kier molecular flexibility index (Phi) is 6.89. The first-order valence-electron chi connectivity index (χ1n) is 5.32. The summed E-state index contributed by atoms with van der Waals surface area (Å²) in [5.74, 6) is 1.25. The highest BCUT2D eigenvalue weighted by molar-refractivity contribution is 7.98. The Morgan fingerprint density at radius 2 is 1.56 bits per heavy atom. The lowest BCUT2D eigenvalue weighted by atomic mass is 10.2. The molecule has 1 aromatic carbocycles. The van der Waals surface area contributed by atoms with Gasteiger partial charge in [-0.05, 0) is 24.0 Å². The summed E-state index contributed by atoms with van der Waals surface area (Å²) in [6.07, 6.45) is 1.92. The van der Waals surface area contributed by atoms with Gasteiger partial charge >= 0.3 is 0 Å². The van der Waals surface area contributed by atoms with Gasteiger partial charge in [0.05, 0.1) is 11.5 Å². The molecule has 0 fully saturated rings. The maximum absolute atomic E-state index is 9.22. The third-order valence-electron chi connectivity index (χ3n) is 2.13. The summed E-state index contributed by atoms with van der Waals surface area (Å²) < 4.78 is 20.7. The van der Waals surface area contributed by atoms with Crippen molar-refractivity contribution < 1.29 is 24.1 Å². The zero-order valence-electron chi connectivity index (χ0n) is 10.8. The lowest BCUT2D eigenvalue weighted by Gasteiger charge is -2.15. The molecule has 0 unspecified atom stereocenters. The summed E-state index contributed by atoms with van der Waals surface area (Å²) in [6, 6.07) is 3.54. The molecule has 0 aromatic heterocycles. The maximum Gasteiger partial charge on any atom is 0.188 e. The molecule has 0 saturated carbocycles. The zero-order chi connectivity index (χ0) is 13.4. The lowest BCUT2D eigenvalue weighted by Crippen LogP contribution is -2.05. The second-order valence-electron chi connectivity index (χ2n) is 3.39. The van der Waals surface area contributed by atoms with E-state index in [1.54, 1.807) is 26.4 Å². The number of hydrogen-bond donors (Lipinski definition) is 1. The van der Waals surface area contributed by atoms with Crippen molar-refractivity contribution in [2.24, 2.45) is 0 Å². The fraction of sp³-hybridized carbons (Fsp3) is 0.500. The Bertz CT molecular complexity index is 340. The molecular formula is C12H18O5S. The largest absolute Gasteiger partial charge is 0.466 e. The van der Waals surface area contributed by atoms with Crippen LogP contribution >= 0.6 is 11.8 Å². The molecule has 6 heteroatoms. The molecule has 0 heterocycles. The molecular weight excluding hydrogens is 256 g/mol. The van der Waals surface area contributed by atoms with Crippen LogP contribution in [0, 0.1) is 0 Å². The second kappa shape index (κ2) is 8.20. The van der Waals surface area contributed by atoms with Crippen LogP contribution in [0.25, 0.3) is 0 Å². The molecule has 0 bridgehead atoms. The number of aliphatic hydroxyl groups excluding tert-OH is 1. The molecule has 102 valence electrons. The number of rotatable bonds is 8. The highest BCUT2D eigenvalue weighted by Gasteiger charge is 2.13. The van der Waals surface area contributed by atoms with E-state index in [0.717, 1.165) is 4.90 Å². The van der Waals surface area contributed by atoms with Gasteiger partial charge in [0.2, 0.25) is 0 Å². The van der Waals surface area contributed by atoms with Gasteiger partial charge < -0.3 is 24.1 Å². The predicted molar refractivity (Wildman–Crippen MR) is 69.2 cm³/mol. The molecule has 0 amide bonds. The summed E-state index contributed by atoms with van der Waals surface area (Å²) in [5.41, 5.74) is 0.713. The lowest BCUT2D eigenvalue weighted by molar-refractivity contribution is 0.0419. The van der Waals surface area contributed by atoms with Gasteiger partial charge in [-0.15, -0.1) is 11.8 Å². The molecule has 5 nitrogen and oxygen atoms in total. The summed E-state index contributed by atoms with van der Waals surface area (Å²) in [5, 5.41) is 9.22. The summed E-state index contributed by atoms with van der Waals surface area (Å²) >= 11 is 1.50. The maximum atomic E-state index is 9.22. The van der Waals surface area contributed by atoms with Crippen molar-refractivity contribution in [3.63, 3.8) is 0 Å². The standard InChI is InChI=1S/C12H18O5S/c1-14-7-16-10-4-9(6-13)5-11(12(10)18-3)17-8-15-2/h4-5,13H,6-8H2,1-3H3. The van der Waals surface area contributed by atoms with E-state index < -0.39 is 0 Å². The Balaban J connectivity index is 3.04. The number of benzene rings is 1. The van der Waals surface area contributed by atoms with Crippen molar-refractivity contribution in [1.29, 1.82) is 0 Å². The fourth-order valence-electron chi connectivity index (χ4n) is 1.38. The highest BCUT2D eigenvalue weighted by Crippen LogP contribution is 2.38. The molecule has 0 radical (unpaired) electrons. The van der Waals surface area contributed by atoms with Crippen molar-refractivity contribution >= 4 is 11.8 Å². The molecule has 18 heavy (non-hydrogen) atoms. The number of ether oxygens (including phenoxy) is 4. The molecule has 0 aliphatic rings. The van der Waals surface area contributed by atoms with Crippen molar-refractivity contribution in [3.05, 3.63) is 17.7 Å². The van der Waals surface area contributed by atoms with Crippen molar-refractivity contribution in [2.45, 2.75) is 11.5 Å². The van der Waals surface area contributed by atoms with E-state index in [0.29, 0.717) is 17.1 Å². The number of aliphatic hydroxyl groups is 1. The Hall–Kier alpha value is -0.950.